The summed E-state index contributed by atoms with van der Waals surface area (Å²) in [4.78, 5) is 0.795. The third-order valence-electron chi connectivity index (χ3n) is 7.84. The average molecular weight is 337 g/mol. The standard InChI is InChI=1S/C19H29Br/c1-18-10-8-16-15(17(18)11-14(20)12-18)7-6-13-5-3-4-9-19(13,16)2/h4,9,13-17H,3,5-8,10-12H2,1-2H3/t13?,14?,15-,16-,17+,18-,19+/m1/s1. The van der Waals surface area contributed by atoms with Crippen LogP contribution >= 0.6 is 15.9 Å². The highest BCUT2D eigenvalue weighted by Crippen LogP contribution is 2.65. The highest BCUT2D eigenvalue weighted by molar-refractivity contribution is 9.09. The molecule has 4 aliphatic carbocycles. The average Bonchev–Trinajstić information content (AvgIpc) is 2.72. The Morgan fingerprint density at radius 3 is 2.75 bits per heavy atom. The van der Waals surface area contributed by atoms with E-state index in [1.165, 1.54) is 51.4 Å². The highest BCUT2D eigenvalue weighted by atomic mass is 79.9. The SMILES string of the molecule is C[C@]12CC[C@@H]3[C@@H](CCC4CCC=C[C@@]43C)[C@@H]1CC(Br)C2. The summed E-state index contributed by atoms with van der Waals surface area (Å²) in [6.45, 7) is 5.20. The van der Waals surface area contributed by atoms with Crippen LogP contribution in [-0.4, -0.2) is 4.83 Å². The number of allylic oxidation sites excluding steroid dienone is 2. The largest absolute Gasteiger partial charge is 0.0890 e. The van der Waals surface area contributed by atoms with Crippen molar-refractivity contribution in [2.45, 2.75) is 70.0 Å². The Balaban J connectivity index is 1.67. The van der Waals surface area contributed by atoms with E-state index in [2.05, 4.69) is 41.9 Å². The van der Waals surface area contributed by atoms with Crippen LogP contribution in [0.5, 0.6) is 0 Å². The van der Waals surface area contributed by atoms with E-state index in [1.54, 1.807) is 0 Å². The molecule has 0 aromatic carbocycles. The van der Waals surface area contributed by atoms with Gasteiger partial charge in [-0.2, -0.15) is 0 Å². The van der Waals surface area contributed by atoms with Gasteiger partial charge in [-0.15, -0.1) is 0 Å². The Morgan fingerprint density at radius 2 is 1.90 bits per heavy atom. The predicted molar refractivity (Wildman–Crippen MR) is 89.0 cm³/mol. The molecule has 0 bridgehead atoms. The topological polar surface area (TPSA) is 0 Å². The van der Waals surface area contributed by atoms with Crippen LogP contribution in [0.2, 0.25) is 0 Å². The molecule has 4 aliphatic rings. The molecule has 3 fully saturated rings. The molecule has 7 atom stereocenters. The van der Waals surface area contributed by atoms with Crippen LogP contribution in [-0.2, 0) is 0 Å². The molecule has 0 saturated heterocycles. The van der Waals surface area contributed by atoms with Gasteiger partial charge in [-0.1, -0.05) is 41.9 Å². The van der Waals surface area contributed by atoms with Gasteiger partial charge in [0.2, 0.25) is 0 Å². The van der Waals surface area contributed by atoms with Crippen molar-refractivity contribution < 1.29 is 0 Å². The fourth-order valence-electron chi connectivity index (χ4n) is 6.79. The van der Waals surface area contributed by atoms with Gasteiger partial charge >= 0.3 is 0 Å². The molecule has 0 aliphatic heterocycles. The minimum Gasteiger partial charge on any atom is -0.0890 e. The molecule has 2 unspecified atom stereocenters. The van der Waals surface area contributed by atoms with Gasteiger partial charge in [0, 0.05) is 4.83 Å². The van der Waals surface area contributed by atoms with Crippen molar-refractivity contribution in [1.82, 2.24) is 0 Å². The molecule has 20 heavy (non-hydrogen) atoms. The fourth-order valence-corrected chi connectivity index (χ4v) is 7.93. The van der Waals surface area contributed by atoms with E-state index in [0.717, 1.165) is 28.5 Å². The van der Waals surface area contributed by atoms with E-state index in [4.69, 9.17) is 0 Å². The number of halogens is 1. The Kier molecular flexibility index (Phi) is 3.19. The van der Waals surface area contributed by atoms with E-state index in [1.807, 2.05) is 0 Å². The molecule has 3 saturated carbocycles. The summed E-state index contributed by atoms with van der Waals surface area (Å²) < 4.78 is 0. The highest BCUT2D eigenvalue weighted by Gasteiger charge is 2.57. The van der Waals surface area contributed by atoms with Crippen molar-refractivity contribution in [2.24, 2.45) is 34.5 Å². The third-order valence-corrected chi connectivity index (χ3v) is 8.54. The second kappa shape index (κ2) is 4.61. The Morgan fingerprint density at radius 1 is 1.05 bits per heavy atom. The lowest BCUT2D eigenvalue weighted by Crippen LogP contribution is -2.50. The maximum atomic E-state index is 3.95. The zero-order valence-corrected chi connectivity index (χ0v) is 14.7. The summed E-state index contributed by atoms with van der Waals surface area (Å²) in [5.74, 6) is 3.98. The fraction of sp³-hybridized carbons (Fsp3) is 0.895. The maximum Gasteiger partial charge on any atom is 0.0154 e. The second-order valence-electron chi connectivity index (χ2n) is 8.73. The van der Waals surface area contributed by atoms with Gasteiger partial charge in [0.15, 0.2) is 0 Å². The number of alkyl halides is 1. The van der Waals surface area contributed by atoms with Gasteiger partial charge in [-0.3, -0.25) is 0 Å². The molecule has 4 rings (SSSR count). The number of hydrogen-bond donors (Lipinski definition) is 0. The van der Waals surface area contributed by atoms with Crippen molar-refractivity contribution in [3.05, 3.63) is 12.2 Å². The van der Waals surface area contributed by atoms with Crippen LogP contribution in [0, 0.1) is 34.5 Å². The van der Waals surface area contributed by atoms with Crippen molar-refractivity contribution in [1.29, 1.82) is 0 Å². The van der Waals surface area contributed by atoms with E-state index < -0.39 is 0 Å². The molecule has 112 valence electrons. The van der Waals surface area contributed by atoms with Crippen LogP contribution in [0.25, 0.3) is 0 Å². The first kappa shape index (κ1) is 13.9. The number of fused-ring (bicyclic) bond motifs is 5. The zero-order chi connectivity index (χ0) is 14.0. The Bertz CT molecular complexity index is 427. The molecular weight excluding hydrogens is 308 g/mol. The first-order chi connectivity index (χ1) is 9.53. The second-order valence-corrected chi connectivity index (χ2v) is 10.0. The minimum atomic E-state index is 0.535. The quantitative estimate of drug-likeness (QED) is 0.378. The third kappa shape index (κ3) is 1.84. The van der Waals surface area contributed by atoms with Crippen LogP contribution in [0.15, 0.2) is 12.2 Å². The van der Waals surface area contributed by atoms with Crippen molar-refractivity contribution in [3.63, 3.8) is 0 Å². The summed E-state index contributed by atoms with van der Waals surface area (Å²) in [6, 6.07) is 0. The summed E-state index contributed by atoms with van der Waals surface area (Å²) in [6.07, 6.45) is 16.8. The smallest absolute Gasteiger partial charge is 0.0154 e. The molecule has 1 heteroatoms. The lowest BCUT2D eigenvalue weighted by Gasteiger charge is -2.58. The Labute approximate surface area is 132 Å². The van der Waals surface area contributed by atoms with Crippen molar-refractivity contribution >= 4 is 15.9 Å². The van der Waals surface area contributed by atoms with Gasteiger partial charge in [0.1, 0.15) is 0 Å². The summed E-state index contributed by atoms with van der Waals surface area (Å²) in [5, 5.41) is 0. The predicted octanol–water partition coefficient (Wildman–Crippen LogP) is 5.96. The van der Waals surface area contributed by atoms with E-state index in [-0.39, 0.29) is 0 Å². The lowest BCUT2D eigenvalue weighted by molar-refractivity contribution is -0.0679. The molecule has 0 spiro atoms. The van der Waals surface area contributed by atoms with Crippen LogP contribution in [0.1, 0.15) is 65.2 Å². The molecule has 0 aromatic heterocycles. The molecule has 0 heterocycles. The van der Waals surface area contributed by atoms with Crippen molar-refractivity contribution in [2.75, 3.05) is 0 Å². The van der Waals surface area contributed by atoms with E-state index in [9.17, 15) is 0 Å². The monoisotopic (exact) mass is 336 g/mol. The molecule has 0 nitrogen and oxygen atoms in total. The van der Waals surface area contributed by atoms with Crippen molar-refractivity contribution in [3.8, 4) is 0 Å². The molecule has 0 aromatic rings. The molecule has 0 N–H and O–H groups in total. The van der Waals surface area contributed by atoms with Crippen LogP contribution in [0.4, 0.5) is 0 Å². The minimum absolute atomic E-state index is 0.535. The zero-order valence-electron chi connectivity index (χ0n) is 13.1. The van der Waals surface area contributed by atoms with Gasteiger partial charge in [-0.05, 0) is 85.9 Å². The van der Waals surface area contributed by atoms with Crippen LogP contribution in [0.3, 0.4) is 0 Å². The Hall–Kier alpha value is 0.220. The first-order valence-corrected chi connectivity index (χ1v) is 9.76. The van der Waals surface area contributed by atoms with Gasteiger partial charge in [-0.25, -0.2) is 0 Å². The summed E-state index contributed by atoms with van der Waals surface area (Å²) in [7, 11) is 0. The van der Waals surface area contributed by atoms with Gasteiger partial charge < -0.3 is 0 Å². The molecule has 0 radical (unpaired) electrons. The van der Waals surface area contributed by atoms with E-state index in [0.29, 0.717) is 10.8 Å². The number of rotatable bonds is 0. The van der Waals surface area contributed by atoms with Crippen LogP contribution < -0.4 is 0 Å². The first-order valence-electron chi connectivity index (χ1n) is 8.85. The number of hydrogen-bond acceptors (Lipinski definition) is 0. The van der Waals surface area contributed by atoms with Gasteiger partial charge in [0.05, 0.1) is 0 Å². The maximum absolute atomic E-state index is 3.95. The molecule has 0 amide bonds. The lowest BCUT2D eigenvalue weighted by atomic mass is 9.46. The molecular formula is C19H29Br. The normalized spacial score (nSPS) is 57.9. The summed E-state index contributed by atoms with van der Waals surface area (Å²) in [5.41, 5.74) is 1.18. The summed E-state index contributed by atoms with van der Waals surface area (Å²) >= 11 is 3.95. The van der Waals surface area contributed by atoms with E-state index >= 15 is 0 Å². The van der Waals surface area contributed by atoms with Gasteiger partial charge in [0.25, 0.3) is 0 Å².